The molecule has 0 aliphatic carbocycles. The van der Waals surface area contributed by atoms with Gasteiger partial charge in [0.2, 0.25) is 5.88 Å². The number of H-pyrrole nitrogens is 1. The Morgan fingerprint density at radius 2 is 2.09 bits per heavy atom. The third-order valence-electron chi connectivity index (χ3n) is 3.15. The van der Waals surface area contributed by atoms with E-state index in [0.29, 0.717) is 21.4 Å². The van der Waals surface area contributed by atoms with Crippen LogP contribution in [0.5, 0.6) is 5.88 Å². The predicted molar refractivity (Wildman–Crippen MR) is 94.5 cm³/mol. The van der Waals surface area contributed by atoms with Gasteiger partial charge in [0.1, 0.15) is 5.56 Å². The molecule has 2 heterocycles. The molecule has 3 rings (SSSR count). The molecule has 1 aliphatic heterocycles. The fourth-order valence-corrected chi connectivity index (χ4v) is 2.66. The van der Waals surface area contributed by atoms with Crippen molar-refractivity contribution in [3.63, 3.8) is 0 Å². The Morgan fingerprint density at radius 1 is 1.30 bits per heavy atom. The van der Waals surface area contributed by atoms with E-state index in [4.69, 9.17) is 35.4 Å². The van der Waals surface area contributed by atoms with Gasteiger partial charge in [0.05, 0.1) is 21.4 Å². The Bertz CT molecular complexity index is 989. The molecule has 2 aromatic rings. The highest BCUT2D eigenvalue weighted by Gasteiger charge is 2.14. The lowest BCUT2D eigenvalue weighted by molar-refractivity contribution is 0.432. The Balaban J connectivity index is 2.25. The second kappa shape index (κ2) is 6.16. The second-order valence-electron chi connectivity index (χ2n) is 4.64. The number of nitrogens with one attached hydrogen (secondary N) is 1. The number of benzene rings is 1. The van der Waals surface area contributed by atoms with Gasteiger partial charge < -0.3 is 5.11 Å². The highest BCUT2D eigenvalue weighted by Crippen LogP contribution is 2.28. The first-order valence-electron chi connectivity index (χ1n) is 6.43. The molecular formula is C15H9Cl2N3O2S. The van der Waals surface area contributed by atoms with E-state index in [0.717, 1.165) is 0 Å². The van der Waals surface area contributed by atoms with Gasteiger partial charge in [-0.05, 0) is 48.6 Å². The molecule has 0 saturated carbocycles. The Kier molecular flexibility index (Phi) is 4.21. The lowest BCUT2D eigenvalue weighted by Gasteiger charge is -2.12. The van der Waals surface area contributed by atoms with E-state index >= 15 is 0 Å². The maximum absolute atomic E-state index is 12.1. The number of hydrogen-bond donors (Lipinski definition) is 2. The van der Waals surface area contributed by atoms with Crippen molar-refractivity contribution in [2.24, 2.45) is 4.99 Å². The number of aromatic hydroxyl groups is 1. The largest absolute Gasteiger partial charge is 0.494 e. The van der Waals surface area contributed by atoms with Crippen molar-refractivity contribution in [1.82, 2.24) is 9.55 Å². The van der Waals surface area contributed by atoms with Crippen molar-refractivity contribution in [2.45, 2.75) is 0 Å². The SMILES string of the molecule is O=c1[nH]c(=S)n(-c2ccc(Cl)c(Cl)c2)c(O)c1/C=C1\C=CC=N1. The highest BCUT2D eigenvalue weighted by molar-refractivity contribution is 7.71. The van der Waals surface area contributed by atoms with E-state index in [1.807, 2.05) is 0 Å². The van der Waals surface area contributed by atoms with Crippen LogP contribution in [-0.2, 0) is 0 Å². The molecule has 8 heteroatoms. The number of rotatable bonds is 2. The van der Waals surface area contributed by atoms with Gasteiger partial charge in [0, 0.05) is 6.21 Å². The van der Waals surface area contributed by atoms with Crippen LogP contribution in [0.25, 0.3) is 11.8 Å². The van der Waals surface area contributed by atoms with Crippen molar-refractivity contribution < 1.29 is 5.11 Å². The van der Waals surface area contributed by atoms with Crippen LogP contribution in [0.15, 0.2) is 45.8 Å². The van der Waals surface area contributed by atoms with Crippen LogP contribution in [0.1, 0.15) is 5.56 Å². The molecule has 0 spiro atoms. The molecule has 0 atom stereocenters. The third-order valence-corrected chi connectivity index (χ3v) is 4.17. The van der Waals surface area contributed by atoms with Gasteiger partial charge in [-0.3, -0.25) is 19.3 Å². The summed E-state index contributed by atoms with van der Waals surface area (Å²) in [6.07, 6.45) is 6.50. The highest BCUT2D eigenvalue weighted by atomic mass is 35.5. The van der Waals surface area contributed by atoms with Gasteiger partial charge in [0.15, 0.2) is 4.77 Å². The van der Waals surface area contributed by atoms with Crippen LogP contribution in [0.4, 0.5) is 0 Å². The number of halogens is 2. The van der Waals surface area contributed by atoms with Crippen molar-refractivity contribution in [3.8, 4) is 11.6 Å². The summed E-state index contributed by atoms with van der Waals surface area (Å²) in [5.41, 5.74) is 0.557. The number of nitrogens with zero attached hydrogens (tertiary/aromatic N) is 2. The first-order chi connectivity index (χ1) is 11.0. The van der Waals surface area contributed by atoms with E-state index < -0.39 is 5.56 Å². The molecule has 0 bridgehead atoms. The lowest BCUT2D eigenvalue weighted by Crippen LogP contribution is -2.16. The maximum atomic E-state index is 12.1. The van der Waals surface area contributed by atoms with Crippen molar-refractivity contribution in [3.05, 3.63) is 66.8 Å². The predicted octanol–water partition coefficient (Wildman–Crippen LogP) is 3.89. The monoisotopic (exact) mass is 365 g/mol. The number of allylic oxidation sites excluding steroid dienone is 2. The molecule has 0 saturated heterocycles. The van der Waals surface area contributed by atoms with Crippen molar-refractivity contribution >= 4 is 47.7 Å². The minimum absolute atomic E-state index is 0.0403. The molecule has 5 nitrogen and oxygen atoms in total. The van der Waals surface area contributed by atoms with Crippen LogP contribution >= 0.6 is 35.4 Å². The molecule has 0 unspecified atom stereocenters. The molecule has 2 N–H and O–H groups in total. The molecule has 1 aromatic heterocycles. The average molecular weight is 366 g/mol. The van der Waals surface area contributed by atoms with Gasteiger partial charge in [-0.25, -0.2) is 0 Å². The van der Waals surface area contributed by atoms with E-state index in [-0.39, 0.29) is 16.2 Å². The van der Waals surface area contributed by atoms with Gasteiger partial charge >= 0.3 is 0 Å². The first-order valence-corrected chi connectivity index (χ1v) is 7.60. The molecular weight excluding hydrogens is 357 g/mol. The van der Waals surface area contributed by atoms with Crippen molar-refractivity contribution in [2.75, 3.05) is 0 Å². The molecule has 0 radical (unpaired) electrons. The minimum atomic E-state index is -0.508. The van der Waals surface area contributed by atoms with Gasteiger partial charge in [-0.1, -0.05) is 23.2 Å². The summed E-state index contributed by atoms with van der Waals surface area (Å²) in [5.74, 6) is -0.305. The minimum Gasteiger partial charge on any atom is -0.494 e. The number of aliphatic imine (C=N–C) groups is 1. The van der Waals surface area contributed by atoms with E-state index in [1.54, 1.807) is 36.6 Å². The van der Waals surface area contributed by atoms with Crippen LogP contribution in [0.3, 0.4) is 0 Å². The van der Waals surface area contributed by atoms with Crippen LogP contribution in [0, 0.1) is 4.77 Å². The quantitative estimate of drug-likeness (QED) is 0.793. The zero-order valence-corrected chi connectivity index (χ0v) is 13.8. The summed E-state index contributed by atoms with van der Waals surface area (Å²) in [4.78, 5) is 18.7. The Labute approximate surface area is 145 Å². The zero-order chi connectivity index (χ0) is 16.6. The third kappa shape index (κ3) is 3.01. The number of aromatic nitrogens is 2. The fraction of sp³-hybridized carbons (Fsp3) is 0. The van der Waals surface area contributed by atoms with Crippen LogP contribution < -0.4 is 5.56 Å². The van der Waals surface area contributed by atoms with E-state index in [9.17, 15) is 9.90 Å². The maximum Gasteiger partial charge on any atom is 0.262 e. The molecule has 23 heavy (non-hydrogen) atoms. The molecule has 116 valence electrons. The van der Waals surface area contributed by atoms with Gasteiger partial charge in [0.25, 0.3) is 5.56 Å². The van der Waals surface area contributed by atoms with Gasteiger partial charge in [-0.15, -0.1) is 0 Å². The smallest absolute Gasteiger partial charge is 0.262 e. The summed E-state index contributed by atoms with van der Waals surface area (Å²) in [5, 5.41) is 11.2. The van der Waals surface area contributed by atoms with E-state index in [1.165, 1.54) is 10.6 Å². The Morgan fingerprint density at radius 3 is 2.74 bits per heavy atom. The summed E-state index contributed by atoms with van der Waals surface area (Å²) in [6, 6.07) is 4.75. The normalized spacial score (nSPS) is 14.8. The summed E-state index contributed by atoms with van der Waals surface area (Å²) in [6.45, 7) is 0. The summed E-state index contributed by atoms with van der Waals surface area (Å²) < 4.78 is 1.34. The molecule has 0 amide bonds. The molecule has 0 fully saturated rings. The molecule has 1 aromatic carbocycles. The standard InChI is InChI=1S/C15H9Cl2N3O2S/c16-11-4-3-9(7-12(11)17)20-14(22)10(13(21)19-15(20)23)6-8-2-1-5-18-8/h1-7,22H,(H,19,21,23)/b8-6+. The zero-order valence-electron chi connectivity index (χ0n) is 11.5. The van der Waals surface area contributed by atoms with Crippen molar-refractivity contribution in [1.29, 1.82) is 0 Å². The average Bonchev–Trinajstić information content (AvgIpc) is 3.00. The second-order valence-corrected chi connectivity index (χ2v) is 5.84. The fourth-order valence-electron chi connectivity index (χ4n) is 2.08. The number of aromatic amines is 1. The summed E-state index contributed by atoms with van der Waals surface area (Å²) >= 11 is 17.0. The molecule has 1 aliphatic rings. The summed E-state index contributed by atoms with van der Waals surface area (Å²) in [7, 11) is 0. The lowest BCUT2D eigenvalue weighted by atomic mass is 10.2. The topological polar surface area (TPSA) is 70.4 Å². The van der Waals surface area contributed by atoms with Crippen LogP contribution in [-0.4, -0.2) is 20.9 Å². The van der Waals surface area contributed by atoms with Gasteiger partial charge in [-0.2, -0.15) is 0 Å². The van der Waals surface area contributed by atoms with E-state index in [2.05, 4.69) is 9.98 Å². The number of hydrogen-bond acceptors (Lipinski definition) is 4. The first kappa shape index (κ1) is 15.7. The Hall–Kier alpha value is -2.15. The van der Waals surface area contributed by atoms with Crippen LogP contribution in [0.2, 0.25) is 10.0 Å².